The molecular weight excluding hydrogens is 454 g/mol. The van der Waals surface area contributed by atoms with Gasteiger partial charge < -0.3 is 20.7 Å². The molecule has 0 aliphatic heterocycles. The fourth-order valence-electron chi connectivity index (χ4n) is 4.09. The van der Waals surface area contributed by atoms with E-state index in [-0.39, 0.29) is 29.7 Å². The molecule has 0 heterocycles. The lowest BCUT2D eigenvalue weighted by molar-refractivity contribution is -0.140. The Bertz CT molecular complexity index is 963. The van der Waals surface area contributed by atoms with Gasteiger partial charge in [-0.05, 0) is 41.4 Å². The maximum Gasteiger partial charge on any atom is 0.320 e. The molecule has 2 aromatic carbocycles. The van der Waals surface area contributed by atoms with Crippen LogP contribution in [0.25, 0.3) is 0 Å². The molecule has 0 fully saturated rings. The van der Waals surface area contributed by atoms with Crippen molar-refractivity contribution in [1.29, 1.82) is 0 Å². The summed E-state index contributed by atoms with van der Waals surface area (Å²) in [5.41, 5.74) is 3.99. The predicted molar refractivity (Wildman–Crippen MR) is 144 cm³/mol. The molecule has 196 valence electrons. The van der Waals surface area contributed by atoms with Crippen LogP contribution in [0.15, 0.2) is 48.5 Å². The molecule has 3 amide bonds. The number of anilines is 1. The van der Waals surface area contributed by atoms with Gasteiger partial charge in [0.2, 0.25) is 5.91 Å². The second kappa shape index (κ2) is 14.9. The van der Waals surface area contributed by atoms with Crippen molar-refractivity contribution < 1.29 is 19.1 Å². The Morgan fingerprint density at radius 2 is 1.39 bits per heavy atom. The number of esters is 1. The Kier molecular flexibility index (Phi) is 12.0. The van der Waals surface area contributed by atoms with E-state index in [0.29, 0.717) is 32.1 Å². The first-order chi connectivity index (χ1) is 17.2. The molecule has 2 aromatic rings. The van der Waals surface area contributed by atoms with E-state index >= 15 is 0 Å². The summed E-state index contributed by atoms with van der Waals surface area (Å²) < 4.78 is 4.64. The van der Waals surface area contributed by atoms with Crippen LogP contribution in [0.4, 0.5) is 10.5 Å². The number of ether oxygens (including phenoxy) is 1. The number of hydrogen-bond acceptors (Lipinski definition) is 4. The number of rotatable bonds is 13. The van der Waals surface area contributed by atoms with Gasteiger partial charge in [-0.15, -0.1) is 0 Å². The fraction of sp³-hybridized carbons (Fsp3) is 0.483. The van der Waals surface area contributed by atoms with Crippen molar-refractivity contribution in [3.05, 3.63) is 65.2 Å². The monoisotopic (exact) mass is 495 g/mol. The average molecular weight is 496 g/mol. The van der Waals surface area contributed by atoms with Gasteiger partial charge in [0.05, 0.1) is 7.11 Å². The summed E-state index contributed by atoms with van der Waals surface area (Å²) in [4.78, 5) is 37.0. The molecule has 0 saturated carbocycles. The van der Waals surface area contributed by atoms with Gasteiger partial charge in [-0.2, -0.15) is 0 Å². The lowest BCUT2D eigenvalue weighted by Crippen LogP contribution is -2.50. The van der Waals surface area contributed by atoms with E-state index in [9.17, 15) is 14.4 Å². The molecule has 1 atom stereocenters. The van der Waals surface area contributed by atoms with Gasteiger partial charge in [0.25, 0.3) is 0 Å². The number of benzene rings is 2. The first-order valence-electron chi connectivity index (χ1n) is 12.8. The second-order valence-electron chi connectivity index (χ2n) is 9.67. The molecule has 0 aliphatic rings. The largest absolute Gasteiger partial charge is 0.469 e. The maximum atomic E-state index is 13.1. The Labute approximate surface area is 215 Å². The summed E-state index contributed by atoms with van der Waals surface area (Å²) in [6.07, 6.45) is 2.67. The van der Waals surface area contributed by atoms with Gasteiger partial charge in [-0.3, -0.25) is 9.59 Å². The van der Waals surface area contributed by atoms with Gasteiger partial charge in [0, 0.05) is 24.9 Å². The van der Waals surface area contributed by atoms with E-state index in [1.165, 1.54) is 7.11 Å². The van der Waals surface area contributed by atoms with Crippen LogP contribution in [0.1, 0.15) is 88.3 Å². The SMILES string of the molecule is COC(=O)CCCCCC(=O)NC(Cc1ccccc1)NC(=O)Nc1c(C(C)C)cccc1C(C)C. The molecule has 36 heavy (non-hydrogen) atoms. The summed E-state index contributed by atoms with van der Waals surface area (Å²) in [6.45, 7) is 8.41. The van der Waals surface area contributed by atoms with Gasteiger partial charge in [0.1, 0.15) is 6.17 Å². The number of carbonyl (C=O) groups excluding carboxylic acids is 3. The molecule has 7 nitrogen and oxygen atoms in total. The van der Waals surface area contributed by atoms with Crippen molar-refractivity contribution in [2.24, 2.45) is 0 Å². The molecule has 0 aromatic heterocycles. The van der Waals surface area contributed by atoms with Crippen molar-refractivity contribution in [1.82, 2.24) is 10.6 Å². The van der Waals surface area contributed by atoms with E-state index < -0.39 is 6.17 Å². The average Bonchev–Trinajstić information content (AvgIpc) is 2.83. The normalized spacial score (nSPS) is 11.8. The molecular formula is C29H41N3O4. The zero-order valence-corrected chi connectivity index (χ0v) is 22.2. The number of urea groups is 1. The standard InChI is InChI=1S/C29H41N3O4/c1-20(2)23-15-12-16-24(21(3)4)28(23)32-29(35)31-25(19-22-13-8-6-9-14-22)30-26(33)17-10-7-11-18-27(34)36-5/h6,8-9,12-16,20-21,25H,7,10-11,17-19H2,1-5H3,(H,30,33)(H2,31,32,35). The molecule has 1 unspecified atom stereocenters. The number of unbranched alkanes of at least 4 members (excludes halogenated alkanes) is 2. The van der Waals surface area contributed by atoms with Crippen LogP contribution in [0, 0.1) is 0 Å². The minimum atomic E-state index is -0.566. The van der Waals surface area contributed by atoms with Crippen LogP contribution in [-0.4, -0.2) is 31.2 Å². The van der Waals surface area contributed by atoms with E-state index in [4.69, 9.17) is 0 Å². The van der Waals surface area contributed by atoms with Crippen molar-refractivity contribution >= 4 is 23.6 Å². The predicted octanol–water partition coefficient (Wildman–Crippen LogP) is 5.86. The van der Waals surface area contributed by atoms with Crippen LogP contribution in [0.5, 0.6) is 0 Å². The third kappa shape index (κ3) is 9.72. The highest BCUT2D eigenvalue weighted by atomic mass is 16.5. The zero-order chi connectivity index (χ0) is 26.5. The van der Waals surface area contributed by atoms with Crippen molar-refractivity contribution in [2.45, 2.75) is 84.2 Å². The number of amides is 3. The molecule has 7 heteroatoms. The second-order valence-corrected chi connectivity index (χ2v) is 9.67. The van der Waals surface area contributed by atoms with Gasteiger partial charge >= 0.3 is 12.0 Å². The number of carbonyl (C=O) groups is 3. The lowest BCUT2D eigenvalue weighted by atomic mass is 9.93. The highest BCUT2D eigenvalue weighted by Gasteiger charge is 2.19. The number of nitrogens with one attached hydrogen (secondary N) is 3. The lowest BCUT2D eigenvalue weighted by Gasteiger charge is -2.24. The fourth-order valence-corrected chi connectivity index (χ4v) is 4.09. The highest BCUT2D eigenvalue weighted by Crippen LogP contribution is 2.32. The molecule has 0 radical (unpaired) electrons. The highest BCUT2D eigenvalue weighted by molar-refractivity contribution is 5.92. The van der Waals surface area contributed by atoms with E-state index in [0.717, 1.165) is 28.8 Å². The van der Waals surface area contributed by atoms with Crippen LogP contribution < -0.4 is 16.0 Å². The van der Waals surface area contributed by atoms with Crippen molar-refractivity contribution in [3.63, 3.8) is 0 Å². The van der Waals surface area contributed by atoms with Gasteiger partial charge in [0.15, 0.2) is 0 Å². The number of methoxy groups -OCH3 is 1. The van der Waals surface area contributed by atoms with Crippen molar-refractivity contribution in [2.75, 3.05) is 12.4 Å². The number of hydrogen-bond donors (Lipinski definition) is 3. The van der Waals surface area contributed by atoms with Crippen LogP contribution in [0.3, 0.4) is 0 Å². The van der Waals surface area contributed by atoms with Crippen LogP contribution in [0.2, 0.25) is 0 Å². The maximum absolute atomic E-state index is 13.1. The molecule has 0 saturated heterocycles. The number of para-hydroxylation sites is 1. The van der Waals surface area contributed by atoms with E-state index in [1.54, 1.807) is 0 Å². The van der Waals surface area contributed by atoms with Crippen molar-refractivity contribution in [3.8, 4) is 0 Å². The molecule has 0 bridgehead atoms. The smallest absolute Gasteiger partial charge is 0.320 e. The Hall–Kier alpha value is -3.35. The summed E-state index contributed by atoms with van der Waals surface area (Å²) in [5, 5.41) is 8.99. The third-order valence-electron chi connectivity index (χ3n) is 6.05. The molecule has 0 spiro atoms. The summed E-state index contributed by atoms with van der Waals surface area (Å²) >= 11 is 0. The minimum Gasteiger partial charge on any atom is -0.469 e. The van der Waals surface area contributed by atoms with Gasteiger partial charge in [-0.1, -0.05) is 82.6 Å². The molecule has 0 aliphatic carbocycles. The van der Waals surface area contributed by atoms with Crippen LogP contribution >= 0.6 is 0 Å². The summed E-state index contributed by atoms with van der Waals surface area (Å²) in [7, 11) is 1.37. The molecule has 2 rings (SSSR count). The summed E-state index contributed by atoms with van der Waals surface area (Å²) in [5.74, 6) is 0.119. The first kappa shape index (κ1) is 28.9. The molecule has 3 N–H and O–H groups in total. The van der Waals surface area contributed by atoms with Crippen LogP contribution in [-0.2, 0) is 20.7 Å². The zero-order valence-electron chi connectivity index (χ0n) is 22.2. The van der Waals surface area contributed by atoms with E-state index in [2.05, 4.69) is 48.4 Å². The Balaban J connectivity index is 2.06. The Morgan fingerprint density at radius 3 is 1.97 bits per heavy atom. The van der Waals surface area contributed by atoms with E-state index in [1.807, 2.05) is 48.5 Å². The third-order valence-corrected chi connectivity index (χ3v) is 6.05. The quantitative estimate of drug-likeness (QED) is 0.184. The minimum absolute atomic E-state index is 0.139. The summed E-state index contributed by atoms with van der Waals surface area (Å²) in [6, 6.07) is 15.5. The van der Waals surface area contributed by atoms with Gasteiger partial charge in [-0.25, -0.2) is 4.79 Å². The topological polar surface area (TPSA) is 96.5 Å². The first-order valence-corrected chi connectivity index (χ1v) is 12.8. The Morgan fingerprint density at radius 1 is 0.778 bits per heavy atom.